The van der Waals surface area contributed by atoms with Gasteiger partial charge in [0.15, 0.2) is 0 Å². The average molecular weight is 178 g/mol. The number of hydrogen-bond acceptors (Lipinski definition) is 1. The summed E-state index contributed by atoms with van der Waals surface area (Å²) in [5.41, 5.74) is 0. The molecule has 4 aliphatic rings. The molecule has 0 amide bonds. The van der Waals surface area contributed by atoms with E-state index in [1.54, 1.807) is 0 Å². The topological polar surface area (TPSA) is 12.5 Å². The van der Waals surface area contributed by atoms with Crippen LogP contribution in [-0.2, 0) is 4.74 Å². The average Bonchev–Trinajstić information content (AvgIpc) is 2.67. The van der Waals surface area contributed by atoms with Gasteiger partial charge in [0.25, 0.3) is 0 Å². The molecule has 1 saturated heterocycles. The van der Waals surface area contributed by atoms with E-state index >= 15 is 0 Å². The van der Waals surface area contributed by atoms with Crippen LogP contribution in [0.5, 0.6) is 0 Å². The fourth-order valence-electron chi connectivity index (χ4n) is 4.74. The second kappa shape index (κ2) is 2.31. The molecule has 13 heavy (non-hydrogen) atoms. The van der Waals surface area contributed by atoms with Crippen molar-refractivity contribution >= 4 is 0 Å². The smallest absolute Gasteiger partial charge is 0.0875 e. The van der Waals surface area contributed by atoms with E-state index < -0.39 is 0 Å². The molecule has 4 fully saturated rings. The molecule has 4 rings (SSSR count). The van der Waals surface area contributed by atoms with Crippen LogP contribution in [-0.4, -0.2) is 12.2 Å². The van der Waals surface area contributed by atoms with Crippen LogP contribution >= 0.6 is 0 Å². The Kier molecular flexibility index (Phi) is 1.29. The van der Waals surface area contributed by atoms with Crippen LogP contribution in [0.2, 0.25) is 0 Å². The highest BCUT2D eigenvalue weighted by atomic mass is 16.6. The summed E-state index contributed by atoms with van der Waals surface area (Å²) in [6.45, 7) is 0. The number of fused-ring (bicyclic) bond motifs is 6. The van der Waals surface area contributed by atoms with Crippen molar-refractivity contribution in [3.05, 3.63) is 0 Å². The first-order valence-corrected chi connectivity index (χ1v) is 6.10. The standard InChI is InChI=1S/C12H18O/c1-3-7-8-4-2-6-10(8)12-11(13-12)9(7)5-1/h7-12H,1-6H2/t7-,8-,9-,10+,11+,12-/m0/s1. The molecule has 1 heterocycles. The lowest BCUT2D eigenvalue weighted by Gasteiger charge is -2.33. The van der Waals surface area contributed by atoms with Gasteiger partial charge in [-0.05, 0) is 49.4 Å². The Labute approximate surface area is 79.8 Å². The molecule has 0 bridgehead atoms. The number of ether oxygens (including phenoxy) is 1. The molecular formula is C12H18O. The molecule has 6 atom stereocenters. The Bertz CT molecular complexity index is 213. The maximum Gasteiger partial charge on any atom is 0.0875 e. The molecule has 3 saturated carbocycles. The van der Waals surface area contributed by atoms with E-state index in [4.69, 9.17) is 4.74 Å². The van der Waals surface area contributed by atoms with Crippen molar-refractivity contribution in [2.24, 2.45) is 23.7 Å². The second-order valence-corrected chi connectivity index (χ2v) is 5.58. The van der Waals surface area contributed by atoms with E-state index in [-0.39, 0.29) is 0 Å². The van der Waals surface area contributed by atoms with Gasteiger partial charge >= 0.3 is 0 Å². The molecule has 1 nitrogen and oxygen atoms in total. The van der Waals surface area contributed by atoms with E-state index in [9.17, 15) is 0 Å². The van der Waals surface area contributed by atoms with Gasteiger partial charge < -0.3 is 4.74 Å². The lowest BCUT2D eigenvalue weighted by atomic mass is 9.69. The SMILES string of the molecule is C1C[C@H]2[C@@H]3CCC[C@@H]3[C@H]3O[C@H]3[C@@H]2C1. The largest absolute Gasteiger partial charge is 0.369 e. The summed E-state index contributed by atoms with van der Waals surface area (Å²) in [6, 6.07) is 0. The Morgan fingerprint density at radius 2 is 1.08 bits per heavy atom. The van der Waals surface area contributed by atoms with Crippen molar-refractivity contribution in [1.29, 1.82) is 0 Å². The highest BCUT2D eigenvalue weighted by Gasteiger charge is 2.61. The van der Waals surface area contributed by atoms with Crippen molar-refractivity contribution in [2.45, 2.75) is 50.7 Å². The number of hydrogen-bond donors (Lipinski definition) is 0. The van der Waals surface area contributed by atoms with Gasteiger partial charge in [0, 0.05) is 0 Å². The fraction of sp³-hybridized carbons (Fsp3) is 1.00. The van der Waals surface area contributed by atoms with Gasteiger partial charge in [-0.25, -0.2) is 0 Å². The molecule has 0 radical (unpaired) electrons. The summed E-state index contributed by atoms with van der Waals surface area (Å²) in [7, 11) is 0. The molecular weight excluding hydrogens is 160 g/mol. The third kappa shape index (κ3) is 0.823. The van der Waals surface area contributed by atoms with Crippen molar-refractivity contribution in [1.82, 2.24) is 0 Å². The minimum absolute atomic E-state index is 0.729. The van der Waals surface area contributed by atoms with Gasteiger partial charge in [0.05, 0.1) is 12.2 Å². The van der Waals surface area contributed by atoms with Crippen LogP contribution in [0.25, 0.3) is 0 Å². The molecule has 0 spiro atoms. The number of epoxide rings is 1. The molecule has 1 aliphatic heterocycles. The van der Waals surface area contributed by atoms with Crippen LogP contribution in [0.3, 0.4) is 0 Å². The van der Waals surface area contributed by atoms with Crippen molar-refractivity contribution in [2.75, 3.05) is 0 Å². The molecule has 0 aromatic carbocycles. The fourth-order valence-corrected chi connectivity index (χ4v) is 4.74. The molecule has 1 heteroatoms. The summed E-state index contributed by atoms with van der Waals surface area (Å²) in [5.74, 6) is 4.14. The predicted molar refractivity (Wildman–Crippen MR) is 50.3 cm³/mol. The van der Waals surface area contributed by atoms with Gasteiger partial charge in [0.1, 0.15) is 0 Å². The zero-order valence-electron chi connectivity index (χ0n) is 8.11. The summed E-state index contributed by atoms with van der Waals surface area (Å²) >= 11 is 0. The van der Waals surface area contributed by atoms with E-state index in [1.165, 1.54) is 38.5 Å². The minimum atomic E-state index is 0.729. The molecule has 3 aliphatic carbocycles. The van der Waals surface area contributed by atoms with Crippen LogP contribution in [0.1, 0.15) is 38.5 Å². The zero-order valence-corrected chi connectivity index (χ0v) is 8.11. The van der Waals surface area contributed by atoms with Crippen molar-refractivity contribution < 1.29 is 4.74 Å². The maximum absolute atomic E-state index is 5.91. The number of rotatable bonds is 0. The first kappa shape index (κ1) is 7.28. The summed E-state index contributed by atoms with van der Waals surface area (Å²) in [6.07, 6.45) is 10.5. The lowest BCUT2D eigenvalue weighted by molar-refractivity contribution is 0.168. The molecule has 0 aromatic rings. The second-order valence-electron chi connectivity index (χ2n) is 5.58. The quantitative estimate of drug-likeness (QED) is 0.519. The summed E-state index contributed by atoms with van der Waals surface area (Å²) < 4.78 is 5.91. The Morgan fingerprint density at radius 1 is 0.615 bits per heavy atom. The summed E-state index contributed by atoms with van der Waals surface area (Å²) in [5, 5.41) is 0. The lowest BCUT2D eigenvalue weighted by Crippen LogP contribution is -2.34. The highest BCUT2D eigenvalue weighted by molar-refractivity contribution is 5.09. The maximum atomic E-state index is 5.91. The van der Waals surface area contributed by atoms with Crippen LogP contribution in [0.15, 0.2) is 0 Å². The zero-order chi connectivity index (χ0) is 8.41. The van der Waals surface area contributed by atoms with E-state index in [1.807, 2.05) is 0 Å². The first-order chi connectivity index (χ1) is 6.45. The third-order valence-electron chi connectivity index (χ3n) is 5.21. The third-order valence-corrected chi connectivity index (χ3v) is 5.21. The van der Waals surface area contributed by atoms with E-state index in [0.717, 1.165) is 35.9 Å². The summed E-state index contributed by atoms with van der Waals surface area (Å²) in [4.78, 5) is 0. The molecule has 0 unspecified atom stereocenters. The van der Waals surface area contributed by atoms with Gasteiger partial charge in [-0.1, -0.05) is 12.8 Å². The van der Waals surface area contributed by atoms with Gasteiger partial charge in [0.2, 0.25) is 0 Å². The first-order valence-electron chi connectivity index (χ1n) is 6.10. The van der Waals surface area contributed by atoms with Crippen LogP contribution in [0, 0.1) is 23.7 Å². The van der Waals surface area contributed by atoms with Gasteiger partial charge in [-0.2, -0.15) is 0 Å². The van der Waals surface area contributed by atoms with Crippen molar-refractivity contribution in [3.63, 3.8) is 0 Å². The van der Waals surface area contributed by atoms with Crippen LogP contribution < -0.4 is 0 Å². The van der Waals surface area contributed by atoms with E-state index in [2.05, 4.69) is 0 Å². The molecule has 0 N–H and O–H groups in total. The predicted octanol–water partition coefficient (Wildman–Crippen LogP) is 2.60. The molecule has 0 aromatic heterocycles. The Hall–Kier alpha value is -0.0400. The van der Waals surface area contributed by atoms with Gasteiger partial charge in [-0.3, -0.25) is 0 Å². The molecule has 72 valence electrons. The highest BCUT2D eigenvalue weighted by Crippen LogP contribution is 2.60. The monoisotopic (exact) mass is 178 g/mol. The van der Waals surface area contributed by atoms with Crippen LogP contribution in [0.4, 0.5) is 0 Å². The van der Waals surface area contributed by atoms with Gasteiger partial charge in [-0.15, -0.1) is 0 Å². The Balaban J connectivity index is 1.70. The Morgan fingerprint density at radius 3 is 1.62 bits per heavy atom. The minimum Gasteiger partial charge on any atom is -0.369 e. The van der Waals surface area contributed by atoms with E-state index in [0.29, 0.717) is 0 Å². The normalized spacial score (nSPS) is 62.8. The van der Waals surface area contributed by atoms with Crippen molar-refractivity contribution in [3.8, 4) is 0 Å².